The van der Waals surface area contributed by atoms with E-state index in [0.29, 0.717) is 24.5 Å². The zero-order chi connectivity index (χ0) is 16.5. The number of pyridine rings is 1. The summed E-state index contributed by atoms with van der Waals surface area (Å²) < 4.78 is 5.71. The number of aromatic nitrogens is 1. The molecule has 1 aromatic carbocycles. The first-order valence-electron chi connectivity index (χ1n) is 7.36. The van der Waals surface area contributed by atoms with Crippen molar-refractivity contribution in [1.29, 1.82) is 0 Å². The molecule has 3 N–H and O–H groups in total. The largest absolute Gasteiger partial charge is 0.489 e. The lowest BCUT2D eigenvalue weighted by atomic mass is 10.2. The summed E-state index contributed by atoms with van der Waals surface area (Å²) in [5, 5.41) is 2.82. The number of benzene rings is 1. The topological polar surface area (TPSA) is 77.2 Å². The number of thioether (sulfide) groups is 1. The normalized spacial score (nSPS) is 11.2. The molecule has 2 rings (SSSR count). The molecule has 1 amide bonds. The molecule has 2 aromatic rings. The highest BCUT2D eigenvalue weighted by atomic mass is 35.5. The average Bonchev–Trinajstić information content (AvgIpc) is 2.59. The van der Waals surface area contributed by atoms with Crippen LogP contribution in [0.1, 0.15) is 12.0 Å². The quantitative estimate of drug-likeness (QED) is 0.749. The van der Waals surface area contributed by atoms with Crippen molar-refractivity contribution in [2.45, 2.75) is 19.1 Å². The number of nitrogens with one attached hydrogen (secondary N) is 1. The first-order chi connectivity index (χ1) is 11.2. The third-order valence-corrected chi connectivity index (χ3v) is 3.84. The molecule has 0 aliphatic carbocycles. The number of halogens is 1. The van der Waals surface area contributed by atoms with Crippen LogP contribution in [0.5, 0.6) is 5.75 Å². The third-order valence-electron chi connectivity index (χ3n) is 3.20. The summed E-state index contributed by atoms with van der Waals surface area (Å²) in [7, 11) is 0. The van der Waals surface area contributed by atoms with Gasteiger partial charge in [0.1, 0.15) is 12.4 Å². The minimum absolute atomic E-state index is 0. The Morgan fingerprint density at radius 3 is 2.92 bits per heavy atom. The Hall–Kier alpha value is -1.76. The van der Waals surface area contributed by atoms with E-state index in [2.05, 4.69) is 10.3 Å². The van der Waals surface area contributed by atoms with Gasteiger partial charge in [-0.3, -0.25) is 9.78 Å². The van der Waals surface area contributed by atoms with Gasteiger partial charge in [0.25, 0.3) is 0 Å². The lowest BCUT2D eigenvalue weighted by molar-refractivity contribution is -0.117. The van der Waals surface area contributed by atoms with Gasteiger partial charge in [0.05, 0.1) is 6.04 Å². The maximum absolute atomic E-state index is 12.0. The molecular weight excluding hydrogens is 346 g/mol. The molecule has 130 valence electrons. The van der Waals surface area contributed by atoms with Gasteiger partial charge in [0.15, 0.2) is 0 Å². The summed E-state index contributed by atoms with van der Waals surface area (Å²) in [5.41, 5.74) is 7.53. The molecule has 0 aliphatic heterocycles. The maximum Gasteiger partial charge on any atom is 0.241 e. The number of anilines is 1. The van der Waals surface area contributed by atoms with Crippen LogP contribution in [0, 0.1) is 0 Å². The fourth-order valence-electron chi connectivity index (χ4n) is 1.92. The number of nitrogens with zero attached hydrogens (tertiary/aromatic N) is 1. The SMILES string of the molecule is CSCC[C@H](N)C(=O)Nc1cccc(OCc2cccnc2)c1.Cl. The molecule has 1 heterocycles. The maximum atomic E-state index is 12.0. The number of carbonyl (C=O) groups excluding carboxylic acids is 1. The molecule has 0 unspecified atom stereocenters. The van der Waals surface area contributed by atoms with Crippen LogP contribution in [0.25, 0.3) is 0 Å². The molecule has 24 heavy (non-hydrogen) atoms. The van der Waals surface area contributed by atoms with E-state index in [0.717, 1.165) is 11.3 Å². The zero-order valence-corrected chi connectivity index (χ0v) is 15.1. The smallest absolute Gasteiger partial charge is 0.241 e. The highest BCUT2D eigenvalue weighted by molar-refractivity contribution is 7.98. The molecule has 0 spiro atoms. The molecule has 1 aromatic heterocycles. The Morgan fingerprint density at radius 2 is 2.21 bits per heavy atom. The second-order valence-corrected chi connectivity index (χ2v) is 6.04. The van der Waals surface area contributed by atoms with E-state index in [1.807, 2.05) is 36.6 Å². The zero-order valence-electron chi connectivity index (χ0n) is 13.5. The molecule has 7 heteroatoms. The molecule has 0 aliphatic rings. The van der Waals surface area contributed by atoms with E-state index in [9.17, 15) is 4.79 Å². The average molecular weight is 368 g/mol. The van der Waals surface area contributed by atoms with Crippen molar-refractivity contribution in [2.24, 2.45) is 5.73 Å². The van der Waals surface area contributed by atoms with Crippen molar-refractivity contribution in [3.8, 4) is 5.75 Å². The highest BCUT2D eigenvalue weighted by Crippen LogP contribution is 2.19. The van der Waals surface area contributed by atoms with E-state index in [4.69, 9.17) is 10.5 Å². The van der Waals surface area contributed by atoms with Gasteiger partial charge < -0.3 is 15.8 Å². The number of hydrogen-bond donors (Lipinski definition) is 2. The van der Waals surface area contributed by atoms with E-state index in [1.54, 1.807) is 30.2 Å². The summed E-state index contributed by atoms with van der Waals surface area (Å²) >= 11 is 1.68. The van der Waals surface area contributed by atoms with Crippen LogP contribution in [-0.4, -0.2) is 28.9 Å². The van der Waals surface area contributed by atoms with Crippen molar-refractivity contribution < 1.29 is 9.53 Å². The van der Waals surface area contributed by atoms with Crippen LogP contribution < -0.4 is 15.8 Å². The Morgan fingerprint density at radius 1 is 1.38 bits per heavy atom. The summed E-state index contributed by atoms with van der Waals surface area (Å²) in [6.07, 6.45) is 6.13. The Balaban J connectivity index is 0.00000288. The number of ether oxygens (including phenoxy) is 1. The van der Waals surface area contributed by atoms with Gasteiger partial charge in [-0.05, 0) is 36.6 Å². The monoisotopic (exact) mass is 367 g/mol. The fourth-order valence-corrected chi connectivity index (χ4v) is 2.41. The van der Waals surface area contributed by atoms with Crippen LogP contribution in [0.2, 0.25) is 0 Å². The molecule has 0 fully saturated rings. The fraction of sp³-hybridized carbons (Fsp3) is 0.294. The molecule has 0 saturated heterocycles. The van der Waals surface area contributed by atoms with Crippen molar-refractivity contribution in [3.05, 3.63) is 54.4 Å². The summed E-state index contributed by atoms with van der Waals surface area (Å²) in [6, 6.07) is 10.6. The Kier molecular flexibility index (Phi) is 9.22. The van der Waals surface area contributed by atoms with Gasteiger partial charge in [-0.2, -0.15) is 11.8 Å². The van der Waals surface area contributed by atoms with Gasteiger partial charge in [0, 0.05) is 29.7 Å². The standard InChI is InChI=1S/C17H21N3O2S.ClH/c1-23-9-7-16(18)17(21)20-14-5-2-6-15(10-14)22-12-13-4-3-8-19-11-13;/h2-6,8,10-11,16H,7,9,12,18H2,1H3,(H,20,21);1H/t16-;/m0./s1. The van der Waals surface area contributed by atoms with Crippen molar-refractivity contribution >= 4 is 35.8 Å². The minimum atomic E-state index is -0.498. The van der Waals surface area contributed by atoms with Gasteiger partial charge in [0.2, 0.25) is 5.91 Å². The molecule has 1 atom stereocenters. The predicted molar refractivity (Wildman–Crippen MR) is 102 cm³/mol. The van der Waals surface area contributed by atoms with Crippen LogP contribution in [-0.2, 0) is 11.4 Å². The minimum Gasteiger partial charge on any atom is -0.489 e. The van der Waals surface area contributed by atoms with Crippen molar-refractivity contribution in [2.75, 3.05) is 17.3 Å². The van der Waals surface area contributed by atoms with Crippen LogP contribution in [0.3, 0.4) is 0 Å². The van der Waals surface area contributed by atoms with Gasteiger partial charge in [-0.1, -0.05) is 12.1 Å². The number of nitrogens with two attached hydrogens (primary N) is 1. The van der Waals surface area contributed by atoms with Crippen molar-refractivity contribution in [1.82, 2.24) is 4.98 Å². The van der Waals surface area contributed by atoms with Crippen LogP contribution >= 0.6 is 24.2 Å². The Bertz CT molecular complexity index is 628. The predicted octanol–water partition coefficient (Wildman–Crippen LogP) is 3.10. The van der Waals surface area contributed by atoms with Crippen LogP contribution in [0.4, 0.5) is 5.69 Å². The van der Waals surface area contributed by atoms with E-state index >= 15 is 0 Å². The second kappa shape index (κ2) is 10.9. The van der Waals surface area contributed by atoms with Crippen LogP contribution in [0.15, 0.2) is 48.8 Å². The highest BCUT2D eigenvalue weighted by Gasteiger charge is 2.13. The molecule has 0 bridgehead atoms. The first-order valence-corrected chi connectivity index (χ1v) is 8.75. The lowest BCUT2D eigenvalue weighted by Crippen LogP contribution is -2.36. The first kappa shape index (κ1) is 20.3. The van der Waals surface area contributed by atoms with Gasteiger partial charge >= 0.3 is 0 Å². The van der Waals surface area contributed by atoms with E-state index < -0.39 is 6.04 Å². The number of carbonyl (C=O) groups is 1. The van der Waals surface area contributed by atoms with Crippen molar-refractivity contribution in [3.63, 3.8) is 0 Å². The van der Waals surface area contributed by atoms with E-state index in [-0.39, 0.29) is 18.3 Å². The molecular formula is C17H22ClN3O2S. The summed E-state index contributed by atoms with van der Waals surface area (Å²) in [4.78, 5) is 16.1. The molecule has 5 nitrogen and oxygen atoms in total. The van der Waals surface area contributed by atoms with Gasteiger partial charge in [-0.25, -0.2) is 0 Å². The van der Waals surface area contributed by atoms with Gasteiger partial charge in [-0.15, -0.1) is 12.4 Å². The molecule has 0 radical (unpaired) electrons. The number of hydrogen-bond acceptors (Lipinski definition) is 5. The summed E-state index contributed by atoms with van der Waals surface area (Å²) in [6.45, 7) is 0.429. The Labute approximate surface area is 152 Å². The number of amides is 1. The third kappa shape index (κ3) is 6.78. The number of rotatable bonds is 8. The molecule has 0 saturated carbocycles. The second-order valence-electron chi connectivity index (χ2n) is 5.05. The summed E-state index contributed by atoms with van der Waals surface area (Å²) in [5.74, 6) is 1.37. The van der Waals surface area contributed by atoms with E-state index in [1.165, 1.54) is 0 Å². The lowest BCUT2D eigenvalue weighted by Gasteiger charge is -2.13.